The summed E-state index contributed by atoms with van der Waals surface area (Å²) in [6.45, 7) is 4.49. The molecule has 4 nitrogen and oxygen atoms in total. The van der Waals surface area contributed by atoms with Crippen molar-refractivity contribution in [1.82, 2.24) is 10.1 Å². The highest BCUT2D eigenvalue weighted by Gasteiger charge is 2.36. The van der Waals surface area contributed by atoms with Crippen molar-refractivity contribution in [3.63, 3.8) is 0 Å². The van der Waals surface area contributed by atoms with Gasteiger partial charge in [-0.15, -0.1) is 0 Å². The largest absolute Gasteiger partial charge is 0.339 e. The smallest absolute Gasteiger partial charge is 0.226 e. The molecule has 1 aromatic rings. The van der Waals surface area contributed by atoms with E-state index in [-0.39, 0.29) is 5.54 Å². The van der Waals surface area contributed by atoms with Gasteiger partial charge in [0.25, 0.3) is 0 Å². The van der Waals surface area contributed by atoms with Crippen molar-refractivity contribution in [2.45, 2.75) is 83.6 Å². The number of unbranched alkanes of at least 4 members (excludes halogenated alkanes) is 4. The average Bonchev–Trinajstić information content (AvgIpc) is 2.88. The van der Waals surface area contributed by atoms with Gasteiger partial charge in [0.15, 0.2) is 5.82 Å². The van der Waals surface area contributed by atoms with Crippen molar-refractivity contribution in [3.8, 4) is 0 Å². The lowest BCUT2D eigenvalue weighted by Crippen LogP contribution is -2.42. The van der Waals surface area contributed by atoms with Gasteiger partial charge in [0.1, 0.15) is 0 Å². The predicted octanol–water partition coefficient (Wildman–Crippen LogP) is 3.95. The van der Waals surface area contributed by atoms with Crippen LogP contribution in [0.3, 0.4) is 0 Å². The van der Waals surface area contributed by atoms with Crippen LogP contribution in [0.1, 0.15) is 83.3 Å². The molecule has 2 N–H and O–H groups in total. The number of rotatable bonds is 7. The minimum absolute atomic E-state index is 0.359. The first-order chi connectivity index (χ1) is 9.64. The van der Waals surface area contributed by atoms with Crippen molar-refractivity contribution in [3.05, 3.63) is 11.7 Å². The van der Waals surface area contributed by atoms with Crippen LogP contribution in [0.4, 0.5) is 0 Å². The summed E-state index contributed by atoms with van der Waals surface area (Å²) in [5.74, 6) is 2.15. The molecule has 0 aliphatic heterocycles. The molecule has 0 radical (unpaired) electrons. The number of hydrogen-bond acceptors (Lipinski definition) is 4. The Morgan fingerprint density at radius 3 is 2.85 bits per heavy atom. The third kappa shape index (κ3) is 4.05. The fraction of sp³-hybridized carbons (Fsp3) is 0.875. The first-order valence-electron chi connectivity index (χ1n) is 8.26. The fourth-order valence-corrected chi connectivity index (χ4v) is 3.23. The summed E-state index contributed by atoms with van der Waals surface area (Å²) >= 11 is 0. The second-order valence-corrected chi connectivity index (χ2v) is 6.53. The minimum Gasteiger partial charge on any atom is -0.339 e. The Morgan fingerprint density at radius 2 is 2.10 bits per heavy atom. The van der Waals surface area contributed by atoms with Crippen LogP contribution in [0.5, 0.6) is 0 Å². The normalized spacial score (nSPS) is 26.9. The molecule has 1 heterocycles. The molecule has 0 spiro atoms. The first kappa shape index (κ1) is 15.5. The Labute approximate surface area is 122 Å². The summed E-state index contributed by atoms with van der Waals surface area (Å²) in [7, 11) is 0. The SMILES string of the molecule is CCCCCCCc1nc(C2(N)CCCC(C)C2)no1. The summed E-state index contributed by atoms with van der Waals surface area (Å²) in [5.41, 5.74) is 6.13. The molecular weight excluding hydrogens is 250 g/mol. The number of nitrogens with two attached hydrogens (primary N) is 1. The highest BCUT2D eigenvalue weighted by atomic mass is 16.5. The molecule has 2 atom stereocenters. The number of aryl methyl sites for hydroxylation is 1. The molecule has 1 aliphatic carbocycles. The van der Waals surface area contributed by atoms with E-state index in [0.29, 0.717) is 5.92 Å². The Morgan fingerprint density at radius 1 is 1.30 bits per heavy atom. The molecule has 20 heavy (non-hydrogen) atoms. The van der Waals surface area contributed by atoms with Crippen LogP contribution in [0.25, 0.3) is 0 Å². The van der Waals surface area contributed by atoms with E-state index >= 15 is 0 Å². The lowest BCUT2D eigenvalue weighted by Gasteiger charge is -2.33. The Balaban J connectivity index is 1.85. The highest BCUT2D eigenvalue weighted by molar-refractivity contribution is 5.06. The van der Waals surface area contributed by atoms with E-state index in [1.807, 2.05) is 0 Å². The Bertz CT molecular complexity index is 404. The Kier molecular flexibility index (Phi) is 5.58. The van der Waals surface area contributed by atoms with Crippen LogP contribution in [0, 0.1) is 5.92 Å². The molecule has 0 amide bonds. The molecular formula is C16H29N3O. The third-order valence-electron chi connectivity index (χ3n) is 4.44. The zero-order valence-electron chi connectivity index (χ0n) is 13.0. The maximum atomic E-state index is 6.49. The summed E-state index contributed by atoms with van der Waals surface area (Å²) in [6.07, 6.45) is 11.6. The van der Waals surface area contributed by atoms with E-state index in [9.17, 15) is 0 Å². The van der Waals surface area contributed by atoms with Crippen molar-refractivity contribution in [2.24, 2.45) is 11.7 Å². The molecule has 0 saturated heterocycles. The van der Waals surface area contributed by atoms with Crippen LogP contribution in [-0.4, -0.2) is 10.1 Å². The standard InChI is InChI=1S/C16H29N3O/c1-3-4-5-6-7-10-14-18-15(19-20-14)16(17)11-8-9-13(2)12-16/h13H,3-12,17H2,1-2H3. The van der Waals surface area contributed by atoms with Crippen LogP contribution in [0.15, 0.2) is 4.52 Å². The molecule has 1 aliphatic rings. The molecule has 0 bridgehead atoms. The summed E-state index contributed by atoms with van der Waals surface area (Å²) in [6, 6.07) is 0. The summed E-state index contributed by atoms with van der Waals surface area (Å²) in [5, 5.41) is 4.15. The Hall–Kier alpha value is -0.900. The predicted molar refractivity (Wildman–Crippen MR) is 80.3 cm³/mol. The van der Waals surface area contributed by atoms with E-state index in [1.54, 1.807) is 0 Å². The maximum absolute atomic E-state index is 6.49. The monoisotopic (exact) mass is 279 g/mol. The lowest BCUT2D eigenvalue weighted by atomic mass is 9.76. The number of nitrogens with zero attached hydrogens (tertiary/aromatic N) is 2. The van der Waals surface area contributed by atoms with E-state index in [4.69, 9.17) is 10.3 Å². The van der Waals surface area contributed by atoms with Crippen molar-refractivity contribution in [1.29, 1.82) is 0 Å². The minimum atomic E-state index is -0.359. The summed E-state index contributed by atoms with van der Waals surface area (Å²) in [4.78, 5) is 4.56. The fourth-order valence-electron chi connectivity index (χ4n) is 3.23. The second-order valence-electron chi connectivity index (χ2n) is 6.53. The van der Waals surface area contributed by atoms with Gasteiger partial charge in [-0.25, -0.2) is 0 Å². The number of hydrogen-bond donors (Lipinski definition) is 1. The molecule has 1 fully saturated rings. The van der Waals surface area contributed by atoms with Crippen molar-refractivity contribution < 1.29 is 4.52 Å². The van der Waals surface area contributed by atoms with Gasteiger partial charge in [-0.05, 0) is 25.2 Å². The van der Waals surface area contributed by atoms with Gasteiger partial charge < -0.3 is 10.3 Å². The van der Waals surface area contributed by atoms with E-state index < -0.39 is 0 Å². The van der Waals surface area contributed by atoms with Crippen LogP contribution < -0.4 is 5.73 Å². The van der Waals surface area contributed by atoms with E-state index in [1.165, 1.54) is 38.5 Å². The van der Waals surface area contributed by atoms with E-state index in [0.717, 1.165) is 37.4 Å². The molecule has 1 saturated carbocycles. The van der Waals surface area contributed by atoms with Crippen molar-refractivity contribution in [2.75, 3.05) is 0 Å². The van der Waals surface area contributed by atoms with Gasteiger partial charge in [-0.2, -0.15) is 4.98 Å². The summed E-state index contributed by atoms with van der Waals surface area (Å²) < 4.78 is 5.38. The van der Waals surface area contributed by atoms with Gasteiger partial charge in [0, 0.05) is 6.42 Å². The van der Waals surface area contributed by atoms with Gasteiger partial charge in [-0.3, -0.25) is 0 Å². The molecule has 1 aromatic heterocycles. The van der Waals surface area contributed by atoms with Crippen LogP contribution >= 0.6 is 0 Å². The van der Waals surface area contributed by atoms with E-state index in [2.05, 4.69) is 24.0 Å². The highest BCUT2D eigenvalue weighted by Crippen LogP contribution is 2.36. The zero-order chi connectivity index (χ0) is 14.4. The van der Waals surface area contributed by atoms with Crippen LogP contribution in [-0.2, 0) is 12.0 Å². The first-order valence-corrected chi connectivity index (χ1v) is 8.26. The van der Waals surface area contributed by atoms with Crippen molar-refractivity contribution >= 4 is 0 Å². The number of aromatic nitrogens is 2. The van der Waals surface area contributed by atoms with Gasteiger partial charge in [0.2, 0.25) is 5.89 Å². The average molecular weight is 279 g/mol. The van der Waals surface area contributed by atoms with Crippen LogP contribution in [0.2, 0.25) is 0 Å². The quantitative estimate of drug-likeness (QED) is 0.768. The molecule has 2 rings (SSSR count). The molecule has 0 aromatic carbocycles. The third-order valence-corrected chi connectivity index (χ3v) is 4.44. The van der Waals surface area contributed by atoms with Gasteiger partial charge in [0.05, 0.1) is 5.54 Å². The molecule has 4 heteroatoms. The zero-order valence-corrected chi connectivity index (χ0v) is 13.0. The van der Waals surface area contributed by atoms with Gasteiger partial charge >= 0.3 is 0 Å². The maximum Gasteiger partial charge on any atom is 0.226 e. The molecule has 114 valence electrons. The topological polar surface area (TPSA) is 64.9 Å². The van der Waals surface area contributed by atoms with Gasteiger partial charge in [-0.1, -0.05) is 57.5 Å². The molecule has 2 unspecified atom stereocenters. The lowest BCUT2D eigenvalue weighted by molar-refractivity contribution is 0.221. The second kappa shape index (κ2) is 7.21.